The Labute approximate surface area is 129 Å². The maximum absolute atomic E-state index is 12.4. The Morgan fingerprint density at radius 3 is 2.14 bits per heavy atom. The molecule has 1 fully saturated rings. The van der Waals surface area contributed by atoms with E-state index in [4.69, 9.17) is 0 Å². The summed E-state index contributed by atoms with van der Waals surface area (Å²) in [5, 5.41) is 0. The van der Waals surface area contributed by atoms with Crippen LogP contribution >= 0.6 is 0 Å². The van der Waals surface area contributed by atoms with Crippen LogP contribution in [0.1, 0.15) is 41.5 Å². The Morgan fingerprint density at radius 1 is 1.10 bits per heavy atom. The number of nitrogens with zero attached hydrogens (tertiary/aromatic N) is 2. The Bertz CT molecular complexity index is 436. The zero-order chi connectivity index (χ0) is 16.0. The molecule has 0 aromatic heterocycles. The van der Waals surface area contributed by atoms with Gasteiger partial charge in [0.2, 0.25) is 5.91 Å². The molecule has 0 spiro atoms. The van der Waals surface area contributed by atoms with E-state index >= 15 is 0 Å². The molecule has 1 aliphatic rings. The van der Waals surface area contributed by atoms with Gasteiger partial charge in [-0.3, -0.25) is 4.79 Å². The van der Waals surface area contributed by atoms with Crippen molar-refractivity contribution < 1.29 is 4.79 Å². The van der Waals surface area contributed by atoms with Crippen molar-refractivity contribution in [1.82, 2.24) is 4.90 Å². The second-order valence-electron chi connectivity index (χ2n) is 6.38. The molecule has 1 aliphatic heterocycles. The van der Waals surface area contributed by atoms with E-state index in [1.54, 1.807) is 0 Å². The van der Waals surface area contributed by atoms with Crippen LogP contribution in [0.4, 0.5) is 5.69 Å². The van der Waals surface area contributed by atoms with E-state index in [1.807, 2.05) is 45.6 Å². The summed E-state index contributed by atoms with van der Waals surface area (Å²) in [5.41, 5.74) is 0.959. The molecule has 0 radical (unpaired) electrons. The molecule has 2 rings (SSSR count). The van der Waals surface area contributed by atoms with Crippen molar-refractivity contribution in [2.24, 2.45) is 5.41 Å². The Kier molecular flexibility index (Phi) is 6.25. The lowest BCUT2D eigenvalue weighted by Gasteiger charge is -2.43. The zero-order valence-electron chi connectivity index (χ0n) is 14.4. The molecule has 1 saturated heterocycles. The van der Waals surface area contributed by atoms with E-state index in [0.29, 0.717) is 0 Å². The highest BCUT2D eigenvalue weighted by atomic mass is 16.2. The molecule has 0 N–H and O–H groups in total. The first kappa shape index (κ1) is 17.5. The molecule has 1 amide bonds. The van der Waals surface area contributed by atoms with Crippen LogP contribution in [0.25, 0.3) is 0 Å². The molecule has 1 atom stereocenters. The summed E-state index contributed by atoms with van der Waals surface area (Å²) in [6, 6.07) is 10.7. The van der Waals surface area contributed by atoms with Gasteiger partial charge in [0.05, 0.1) is 0 Å². The summed E-state index contributed by atoms with van der Waals surface area (Å²) in [5.74, 6) is 0.257. The summed E-state index contributed by atoms with van der Waals surface area (Å²) < 4.78 is 0. The molecule has 1 aromatic rings. The van der Waals surface area contributed by atoms with E-state index < -0.39 is 0 Å². The first-order valence-electron chi connectivity index (χ1n) is 8.00. The molecular weight excluding hydrogens is 260 g/mol. The fraction of sp³-hybridized carbons (Fsp3) is 0.611. The van der Waals surface area contributed by atoms with Gasteiger partial charge in [-0.05, 0) is 19.1 Å². The van der Waals surface area contributed by atoms with Crippen molar-refractivity contribution in [3.8, 4) is 0 Å². The fourth-order valence-electron chi connectivity index (χ4n) is 2.56. The lowest BCUT2D eigenvalue weighted by Crippen LogP contribution is -2.56. The van der Waals surface area contributed by atoms with Crippen LogP contribution in [0.2, 0.25) is 0 Å². The lowest BCUT2D eigenvalue weighted by molar-refractivity contribution is -0.142. The number of piperazine rings is 1. The number of carbonyl (C=O) groups is 1. The largest absolute Gasteiger partial charge is 0.368 e. The molecule has 1 aromatic carbocycles. The predicted molar refractivity (Wildman–Crippen MR) is 90.6 cm³/mol. The highest BCUT2D eigenvalue weighted by molar-refractivity contribution is 5.82. The van der Waals surface area contributed by atoms with Crippen molar-refractivity contribution in [1.29, 1.82) is 0 Å². The van der Waals surface area contributed by atoms with Crippen LogP contribution in [0.5, 0.6) is 0 Å². The third-order valence-electron chi connectivity index (χ3n) is 3.65. The van der Waals surface area contributed by atoms with Gasteiger partial charge in [-0.1, -0.05) is 52.8 Å². The molecule has 0 aliphatic carbocycles. The molecule has 3 nitrogen and oxygen atoms in total. The van der Waals surface area contributed by atoms with Crippen molar-refractivity contribution in [3.63, 3.8) is 0 Å². The minimum absolute atomic E-state index is 0.257. The number of rotatable bonds is 1. The minimum atomic E-state index is -0.289. The van der Waals surface area contributed by atoms with Gasteiger partial charge in [0.15, 0.2) is 0 Å². The molecular formula is C18H30N2O. The molecule has 0 saturated carbocycles. The topological polar surface area (TPSA) is 23.6 Å². The van der Waals surface area contributed by atoms with Crippen molar-refractivity contribution >= 4 is 11.6 Å². The maximum atomic E-state index is 12.4. The molecule has 3 heteroatoms. The van der Waals surface area contributed by atoms with E-state index in [1.165, 1.54) is 5.69 Å². The summed E-state index contributed by atoms with van der Waals surface area (Å²) in [6.07, 6.45) is 0. The van der Waals surface area contributed by atoms with Crippen molar-refractivity contribution in [2.75, 3.05) is 24.5 Å². The van der Waals surface area contributed by atoms with Gasteiger partial charge in [0.25, 0.3) is 0 Å². The number of amides is 1. The van der Waals surface area contributed by atoms with Gasteiger partial charge in [-0.2, -0.15) is 0 Å². The highest BCUT2D eigenvalue weighted by Gasteiger charge is 2.33. The summed E-state index contributed by atoms with van der Waals surface area (Å²) >= 11 is 0. The quantitative estimate of drug-likeness (QED) is 0.785. The minimum Gasteiger partial charge on any atom is -0.368 e. The number of carbonyl (C=O) groups excluding carboxylic acids is 1. The van der Waals surface area contributed by atoms with E-state index in [2.05, 4.69) is 36.1 Å². The van der Waals surface area contributed by atoms with Crippen LogP contribution < -0.4 is 4.90 Å². The number of para-hydroxylation sites is 1. The van der Waals surface area contributed by atoms with E-state index in [9.17, 15) is 4.79 Å². The van der Waals surface area contributed by atoms with E-state index in [-0.39, 0.29) is 17.4 Å². The smallest absolute Gasteiger partial charge is 0.228 e. The third kappa shape index (κ3) is 4.48. The van der Waals surface area contributed by atoms with E-state index in [0.717, 1.165) is 19.6 Å². The SMILES string of the molecule is CC.CC1CN(c2ccccc2)CCN1C(=O)C(C)(C)C. The lowest BCUT2D eigenvalue weighted by atomic mass is 9.93. The molecule has 21 heavy (non-hydrogen) atoms. The average molecular weight is 290 g/mol. The van der Waals surface area contributed by atoms with Crippen LogP contribution in [-0.4, -0.2) is 36.5 Å². The van der Waals surface area contributed by atoms with Crippen molar-refractivity contribution in [2.45, 2.75) is 47.6 Å². The van der Waals surface area contributed by atoms with Gasteiger partial charge in [0.1, 0.15) is 0 Å². The Balaban J connectivity index is 0.00000106. The van der Waals surface area contributed by atoms with Crippen molar-refractivity contribution in [3.05, 3.63) is 30.3 Å². The van der Waals surface area contributed by atoms with Gasteiger partial charge in [-0.15, -0.1) is 0 Å². The summed E-state index contributed by atoms with van der Waals surface area (Å²) in [6.45, 7) is 14.7. The molecule has 1 unspecified atom stereocenters. The third-order valence-corrected chi connectivity index (χ3v) is 3.65. The van der Waals surface area contributed by atoms with Gasteiger partial charge in [-0.25, -0.2) is 0 Å². The first-order chi connectivity index (χ1) is 9.89. The van der Waals surface area contributed by atoms with Gasteiger partial charge < -0.3 is 9.80 Å². The van der Waals surface area contributed by atoms with Gasteiger partial charge in [0, 0.05) is 36.8 Å². The Hall–Kier alpha value is -1.51. The molecule has 0 bridgehead atoms. The van der Waals surface area contributed by atoms with Crippen LogP contribution in [0, 0.1) is 5.41 Å². The van der Waals surface area contributed by atoms with Crippen LogP contribution in [-0.2, 0) is 4.79 Å². The second kappa shape index (κ2) is 7.48. The normalized spacial score (nSPS) is 18.9. The average Bonchev–Trinajstić information content (AvgIpc) is 2.48. The molecule has 1 heterocycles. The molecule has 118 valence electrons. The number of anilines is 1. The monoisotopic (exact) mass is 290 g/mol. The Morgan fingerprint density at radius 2 is 1.67 bits per heavy atom. The summed E-state index contributed by atoms with van der Waals surface area (Å²) in [4.78, 5) is 16.8. The standard InChI is InChI=1S/C16H24N2O.C2H6/c1-13-12-17(14-8-6-5-7-9-14)10-11-18(13)15(19)16(2,3)4;1-2/h5-9,13H,10-12H2,1-4H3;1-2H3. The van der Waals surface area contributed by atoms with Gasteiger partial charge >= 0.3 is 0 Å². The second-order valence-corrected chi connectivity index (χ2v) is 6.38. The van der Waals surface area contributed by atoms with Crippen LogP contribution in [0.3, 0.4) is 0 Å². The number of hydrogen-bond donors (Lipinski definition) is 0. The van der Waals surface area contributed by atoms with Crippen LogP contribution in [0.15, 0.2) is 30.3 Å². The number of benzene rings is 1. The predicted octanol–water partition coefficient (Wildman–Crippen LogP) is 3.80. The fourth-order valence-corrected chi connectivity index (χ4v) is 2.56. The number of hydrogen-bond acceptors (Lipinski definition) is 2. The summed E-state index contributed by atoms with van der Waals surface area (Å²) in [7, 11) is 0. The zero-order valence-corrected chi connectivity index (χ0v) is 14.4. The maximum Gasteiger partial charge on any atom is 0.228 e. The highest BCUT2D eigenvalue weighted by Crippen LogP contribution is 2.23. The first-order valence-corrected chi connectivity index (χ1v) is 8.00.